The summed E-state index contributed by atoms with van der Waals surface area (Å²) >= 11 is 0. The highest BCUT2D eigenvalue weighted by atomic mass is 16.5. The van der Waals surface area contributed by atoms with E-state index in [2.05, 4.69) is 17.5 Å². The molecule has 0 unspecified atom stereocenters. The van der Waals surface area contributed by atoms with Crippen LogP contribution in [0.2, 0.25) is 0 Å². The van der Waals surface area contributed by atoms with Crippen molar-refractivity contribution in [2.45, 2.75) is 33.3 Å². The Bertz CT molecular complexity index is 402. The number of hydrogen-bond donors (Lipinski definition) is 1. The molecular formula is C13H18N2O2. The number of rotatable bonds is 5. The van der Waals surface area contributed by atoms with E-state index in [1.165, 1.54) is 6.92 Å². The fraction of sp³-hybridized carbons (Fsp3) is 0.385. The maximum atomic E-state index is 10.7. The lowest BCUT2D eigenvalue weighted by atomic mass is 10.2. The molecule has 0 aliphatic heterocycles. The minimum absolute atomic E-state index is 0.158. The Morgan fingerprint density at radius 1 is 1.53 bits per heavy atom. The summed E-state index contributed by atoms with van der Waals surface area (Å²) in [6.07, 6.45) is 2.68. The average Bonchev–Trinajstić information content (AvgIpc) is 2.30. The first-order valence-corrected chi connectivity index (χ1v) is 5.68. The van der Waals surface area contributed by atoms with Crippen LogP contribution in [0, 0.1) is 0 Å². The van der Waals surface area contributed by atoms with E-state index in [0.717, 1.165) is 17.7 Å². The minimum atomic E-state index is -0.193. The Balaban J connectivity index is 2.77. The number of nitrogens with zero attached hydrogens (tertiary/aromatic N) is 1. The molecule has 4 heteroatoms. The molecule has 4 nitrogen and oxygen atoms in total. The zero-order chi connectivity index (χ0) is 12.7. The highest BCUT2D eigenvalue weighted by Crippen LogP contribution is 2.18. The quantitative estimate of drug-likeness (QED) is 0.628. The molecule has 0 aromatic heterocycles. The van der Waals surface area contributed by atoms with Crippen molar-refractivity contribution in [3.63, 3.8) is 0 Å². The first-order valence-electron chi connectivity index (χ1n) is 5.68. The third-order valence-electron chi connectivity index (χ3n) is 2.25. The third kappa shape index (κ3) is 4.68. The Hall–Kier alpha value is -1.84. The van der Waals surface area contributed by atoms with Gasteiger partial charge in [0.15, 0.2) is 0 Å². The predicted molar refractivity (Wildman–Crippen MR) is 68.2 cm³/mol. The molecule has 0 saturated carbocycles. The van der Waals surface area contributed by atoms with E-state index >= 15 is 0 Å². The summed E-state index contributed by atoms with van der Waals surface area (Å²) in [5.41, 5.74) is 3.21. The van der Waals surface area contributed by atoms with E-state index in [0.29, 0.717) is 0 Å². The Morgan fingerprint density at radius 3 is 2.88 bits per heavy atom. The fourth-order valence-electron chi connectivity index (χ4n) is 1.19. The van der Waals surface area contributed by atoms with Crippen molar-refractivity contribution in [2.24, 2.45) is 5.10 Å². The van der Waals surface area contributed by atoms with Gasteiger partial charge in [0.25, 0.3) is 0 Å². The second-order valence-corrected chi connectivity index (χ2v) is 3.80. The smallest absolute Gasteiger partial charge is 0.236 e. The van der Waals surface area contributed by atoms with Crippen LogP contribution in [0.5, 0.6) is 5.75 Å². The lowest BCUT2D eigenvalue weighted by Gasteiger charge is -2.14. The van der Waals surface area contributed by atoms with Gasteiger partial charge in [-0.15, -0.1) is 0 Å². The lowest BCUT2D eigenvalue weighted by molar-refractivity contribution is -0.118. The summed E-state index contributed by atoms with van der Waals surface area (Å²) in [6.45, 7) is 5.50. The molecule has 0 aliphatic carbocycles. The lowest BCUT2D eigenvalue weighted by Crippen LogP contribution is -2.13. The van der Waals surface area contributed by atoms with E-state index in [1.807, 2.05) is 31.2 Å². The number of benzene rings is 1. The third-order valence-corrected chi connectivity index (χ3v) is 2.25. The number of hydrogen-bond acceptors (Lipinski definition) is 3. The van der Waals surface area contributed by atoms with Crippen LogP contribution in [0.15, 0.2) is 29.4 Å². The average molecular weight is 234 g/mol. The van der Waals surface area contributed by atoms with Crippen molar-refractivity contribution < 1.29 is 9.53 Å². The topological polar surface area (TPSA) is 50.7 Å². The van der Waals surface area contributed by atoms with Gasteiger partial charge < -0.3 is 4.74 Å². The summed E-state index contributed by atoms with van der Waals surface area (Å²) in [5.74, 6) is 0.581. The predicted octanol–water partition coefficient (Wildman–Crippen LogP) is 2.33. The molecule has 17 heavy (non-hydrogen) atoms. The van der Waals surface area contributed by atoms with Gasteiger partial charge in [0.05, 0.1) is 12.3 Å². The summed E-state index contributed by atoms with van der Waals surface area (Å²) in [5, 5.41) is 3.83. The zero-order valence-electron chi connectivity index (χ0n) is 10.4. The van der Waals surface area contributed by atoms with Crippen molar-refractivity contribution in [1.82, 2.24) is 5.43 Å². The molecule has 92 valence electrons. The van der Waals surface area contributed by atoms with Crippen molar-refractivity contribution in [3.05, 3.63) is 29.8 Å². The maximum absolute atomic E-state index is 10.7. The minimum Gasteiger partial charge on any atom is -0.490 e. The standard InChI is InChI=1S/C13H18N2O2/c1-4-10(2)17-13-8-6-5-7-12(13)9-14-15-11(3)16/h5-10H,4H2,1-3H3,(H,15,16)/b14-9-/t10-/m0/s1. The first-order chi connectivity index (χ1) is 8.13. The van der Waals surface area contributed by atoms with E-state index in [1.54, 1.807) is 6.21 Å². The number of hydrazone groups is 1. The van der Waals surface area contributed by atoms with Crippen LogP contribution in [0.25, 0.3) is 0 Å². The van der Waals surface area contributed by atoms with E-state index in [4.69, 9.17) is 4.74 Å². The van der Waals surface area contributed by atoms with Crippen LogP contribution in [-0.4, -0.2) is 18.2 Å². The van der Waals surface area contributed by atoms with Gasteiger partial charge in [-0.3, -0.25) is 4.79 Å². The van der Waals surface area contributed by atoms with Gasteiger partial charge in [-0.05, 0) is 25.5 Å². The molecule has 0 saturated heterocycles. The normalized spacial score (nSPS) is 12.4. The number of ether oxygens (including phenoxy) is 1. The van der Waals surface area contributed by atoms with Crippen LogP contribution in [0.1, 0.15) is 32.8 Å². The van der Waals surface area contributed by atoms with Gasteiger partial charge in [-0.1, -0.05) is 19.1 Å². The van der Waals surface area contributed by atoms with Crippen LogP contribution in [-0.2, 0) is 4.79 Å². The van der Waals surface area contributed by atoms with Crippen molar-refractivity contribution >= 4 is 12.1 Å². The monoisotopic (exact) mass is 234 g/mol. The zero-order valence-corrected chi connectivity index (χ0v) is 10.4. The summed E-state index contributed by atoms with van der Waals surface area (Å²) in [7, 11) is 0. The summed E-state index contributed by atoms with van der Waals surface area (Å²) in [4.78, 5) is 10.7. The molecule has 1 N–H and O–H groups in total. The van der Waals surface area contributed by atoms with Gasteiger partial charge in [0.1, 0.15) is 5.75 Å². The van der Waals surface area contributed by atoms with Crippen molar-refractivity contribution in [3.8, 4) is 5.75 Å². The molecule has 1 aromatic carbocycles. The molecule has 1 rings (SSSR count). The highest BCUT2D eigenvalue weighted by molar-refractivity contribution is 5.84. The fourth-order valence-corrected chi connectivity index (χ4v) is 1.19. The first kappa shape index (κ1) is 13.2. The van der Waals surface area contributed by atoms with Crippen LogP contribution in [0.3, 0.4) is 0 Å². The Morgan fingerprint density at radius 2 is 2.24 bits per heavy atom. The van der Waals surface area contributed by atoms with E-state index < -0.39 is 0 Å². The molecule has 0 radical (unpaired) electrons. The van der Waals surface area contributed by atoms with Crippen molar-refractivity contribution in [2.75, 3.05) is 0 Å². The number of amides is 1. The van der Waals surface area contributed by atoms with Gasteiger partial charge in [0.2, 0.25) is 5.91 Å². The SMILES string of the molecule is CC[C@H](C)Oc1ccccc1/C=N\NC(C)=O. The van der Waals surface area contributed by atoms with Crippen molar-refractivity contribution in [1.29, 1.82) is 0 Å². The molecule has 1 atom stereocenters. The Kier molecular flexibility index (Phi) is 5.20. The molecule has 1 amide bonds. The second-order valence-electron chi connectivity index (χ2n) is 3.80. The van der Waals surface area contributed by atoms with E-state index in [-0.39, 0.29) is 12.0 Å². The highest BCUT2D eigenvalue weighted by Gasteiger charge is 2.04. The van der Waals surface area contributed by atoms with Gasteiger partial charge in [0, 0.05) is 12.5 Å². The van der Waals surface area contributed by atoms with Crippen LogP contribution < -0.4 is 10.2 Å². The number of nitrogens with one attached hydrogen (secondary N) is 1. The molecule has 0 heterocycles. The molecule has 0 fully saturated rings. The Labute approximate surface area is 102 Å². The molecule has 0 aliphatic rings. The number of carbonyl (C=O) groups is 1. The van der Waals surface area contributed by atoms with Gasteiger partial charge in [-0.2, -0.15) is 5.10 Å². The van der Waals surface area contributed by atoms with Crippen LogP contribution >= 0.6 is 0 Å². The maximum Gasteiger partial charge on any atom is 0.236 e. The number of carbonyl (C=O) groups excluding carboxylic acids is 1. The van der Waals surface area contributed by atoms with Gasteiger partial charge >= 0.3 is 0 Å². The molecule has 1 aromatic rings. The summed E-state index contributed by atoms with van der Waals surface area (Å²) in [6, 6.07) is 7.59. The summed E-state index contributed by atoms with van der Waals surface area (Å²) < 4.78 is 5.75. The molecule has 0 spiro atoms. The number of para-hydroxylation sites is 1. The largest absolute Gasteiger partial charge is 0.490 e. The van der Waals surface area contributed by atoms with Crippen LogP contribution in [0.4, 0.5) is 0 Å². The van der Waals surface area contributed by atoms with Gasteiger partial charge in [-0.25, -0.2) is 5.43 Å². The second kappa shape index (κ2) is 6.68. The van der Waals surface area contributed by atoms with E-state index in [9.17, 15) is 4.79 Å². The molecule has 0 bridgehead atoms. The molecular weight excluding hydrogens is 216 g/mol.